The van der Waals surface area contributed by atoms with Crippen LogP contribution in [0.25, 0.3) is 5.65 Å². The highest BCUT2D eigenvalue weighted by atomic mass is 19.4. The third-order valence-corrected chi connectivity index (χ3v) is 3.05. The van der Waals surface area contributed by atoms with Crippen LogP contribution in [-0.2, 0) is 6.18 Å². The molecule has 2 aromatic rings. The molecule has 7 heteroatoms. The van der Waals surface area contributed by atoms with Gasteiger partial charge >= 0.3 is 6.18 Å². The maximum absolute atomic E-state index is 12.5. The highest BCUT2D eigenvalue weighted by Gasteiger charge is 2.31. The molecule has 4 nitrogen and oxygen atoms in total. The third kappa shape index (κ3) is 1.94. The first-order chi connectivity index (χ1) is 8.54. The number of pyridine rings is 1. The van der Waals surface area contributed by atoms with Crippen molar-refractivity contribution in [3.63, 3.8) is 0 Å². The van der Waals surface area contributed by atoms with E-state index in [0.717, 1.165) is 31.6 Å². The zero-order valence-corrected chi connectivity index (χ0v) is 9.41. The molecule has 1 saturated heterocycles. The van der Waals surface area contributed by atoms with Gasteiger partial charge in [-0.25, -0.2) is 9.50 Å². The topological polar surface area (TPSA) is 42.2 Å². The number of fused-ring (bicyclic) bond motifs is 1. The van der Waals surface area contributed by atoms with Gasteiger partial charge in [-0.3, -0.25) is 0 Å². The quantitative estimate of drug-likeness (QED) is 0.850. The maximum atomic E-state index is 12.5. The second-order valence-electron chi connectivity index (χ2n) is 4.34. The van der Waals surface area contributed by atoms with Crippen molar-refractivity contribution in [1.82, 2.24) is 19.9 Å². The zero-order chi connectivity index (χ0) is 12.8. The Bertz CT molecular complexity index is 569. The number of alkyl halides is 3. The van der Waals surface area contributed by atoms with E-state index in [1.807, 2.05) is 0 Å². The summed E-state index contributed by atoms with van der Waals surface area (Å²) in [6.07, 6.45) is -1.43. The Hall–Kier alpha value is -1.63. The molecule has 96 valence electrons. The first kappa shape index (κ1) is 11.5. The molecule has 0 saturated carbocycles. The van der Waals surface area contributed by atoms with Gasteiger partial charge in [0, 0.05) is 6.20 Å². The van der Waals surface area contributed by atoms with Crippen molar-refractivity contribution in [3.05, 3.63) is 29.7 Å². The molecule has 1 aliphatic heterocycles. The molecule has 2 aromatic heterocycles. The highest BCUT2D eigenvalue weighted by molar-refractivity contribution is 5.39. The minimum atomic E-state index is -4.36. The fourth-order valence-corrected chi connectivity index (χ4v) is 2.12. The maximum Gasteiger partial charge on any atom is 0.417 e. The van der Waals surface area contributed by atoms with E-state index in [2.05, 4.69) is 15.4 Å². The Balaban J connectivity index is 2.01. The summed E-state index contributed by atoms with van der Waals surface area (Å²) in [5.41, 5.74) is -0.280. The molecule has 1 unspecified atom stereocenters. The summed E-state index contributed by atoms with van der Waals surface area (Å²) >= 11 is 0. The predicted octanol–water partition coefficient (Wildman–Crippen LogP) is 2.17. The second-order valence-corrected chi connectivity index (χ2v) is 4.34. The number of halogens is 3. The van der Waals surface area contributed by atoms with Crippen molar-refractivity contribution < 1.29 is 13.2 Å². The molecule has 1 aliphatic rings. The lowest BCUT2D eigenvalue weighted by molar-refractivity contribution is -0.137. The Morgan fingerprint density at radius 2 is 2.17 bits per heavy atom. The fourth-order valence-electron chi connectivity index (χ4n) is 2.12. The Morgan fingerprint density at radius 3 is 2.83 bits per heavy atom. The van der Waals surface area contributed by atoms with Gasteiger partial charge in [-0.15, -0.1) is 5.10 Å². The van der Waals surface area contributed by atoms with Gasteiger partial charge in [0.1, 0.15) is 0 Å². The highest BCUT2D eigenvalue weighted by Crippen LogP contribution is 2.29. The number of rotatable bonds is 1. The van der Waals surface area contributed by atoms with E-state index >= 15 is 0 Å². The van der Waals surface area contributed by atoms with Crippen LogP contribution in [0.5, 0.6) is 0 Å². The van der Waals surface area contributed by atoms with Crippen molar-refractivity contribution in [2.45, 2.75) is 25.1 Å². The molecule has 1 atom stereocenters. The monoisotopic (exact) mass is 256 g/mol. The van der Waals surface area contributed by atoms with E-state index < -0.39 is 11.7 Å². The molecule has 0 radical (unpaired) electrons. The summed E-state index contributed by atoms with van der Waals surface area (Å²) in [4.78, 5) is 4.24. The van der Waals surface area contributed by atoms with Crippen LogP contribution in [-0.4, -0.2) is 21.1 Å². The van der Waals surface area contributed by atoms with Gasteiger partial charge in [-0.2, -0.15) is 13.2 Å². The van der Waals surface area contributed by atoms with Crippen molar-refractivity contribution in [1.29, 1.82) is 0 Å². The Labute approximate surface area is 101 Å². The minimum Gasteiger partial charge on any atom is -0.307 e. The minimum absolute atomic E-state index is 0.0548. The summed E-state index contributed by atoms with van der Waals surface area (Å²) in [6, 6.07) is 2.42. The van der Waals surface area contributed by atoms with Crippen LogP contribution in [0, 0.1) is 0 Å². The van der Waals surface area contributed by atoms with Crippen molar-refractivity contribution in [2.24, 2.45) is 0 Å². The lowest BCUT2D eigenvalue weighted by atomic mass is 10.2. The Kier molecular flexibility index (Phi) is 2.51. The molecule has 1 fully saturated rings. The molecule has 0 bridgehead atoms. The Morgan fingerprint density at radius 1 is 1.33 bits per heavy atom. The number of hydrogen-bond acceptors (Lipinski definition) is 3. The third-order valence-electron chi connectivity index (χ3n) is 3.05. The van der Waals surface area contributed by atoms with Crippen LogP contribution in [0.15, 0.2) is 18.3 Å². The molecule has 0 aromatic carbocycles. The average Bonchev–Trinajstić information content (AvgIpc) is 2.95. The van der Waals surface area contributed by atoms with E-state index in [9.17, 15) is 13.2 Å². The molecule has 3 heterocycles. The van der Waals surface area contributed by atoms with Crippen molar-refractivity contribution in [2.75, 3.05) is 6.54 Å². The molecule has 0 aliphatic carbocycles. The van der Waals surface area contributed by atoms with Gasteiger partial charge in [0.05, 0.1) is 11.6 Å². The average molecular weight is 256 g/mol. The van der Waals surface area contributed by atoms with Crippen LogP contribution < -0.4 is 5.32 Å². The predicted molar refractivity (Wildman–Crippen MR) is 58.0 cm³/mol. The lowest BCUT2D eigenvalue weighted by Gasteiger charge is -2.05. The summed E-state index contributed by atoms with van der Waals surface area (Å²) < 4.78 is 38.8. The van der Waals surface area contributed by atoms with Gasteiger partial charge in [0.15, 0.2) is 11.5 Å². The van der Waals surface area contributed by atoms with Crippen LogP contribution >= 0.6 is 0 Å². The van der Waals surface area contributed by atoms with Crippen LogP contribution in [0.2, 0.25) is 0 Å². The SMILES string of the molecule is FC(F)(F)c1ccc2nc(C3CCCN3)nn2c1. The van der Waals surface area contributed by atoms with Crippen LogP contribution in [0.4, 0.5) is 13.2 Å². The molecule has 1 N–H and O–H groups in total. The van der Waals surface area contributed by atoms with E-state index in [-0.39, 0.29) is 6.04 Å². The number of nitrogens with zero attached hydrogens (tertiary/aromatic N) is 3. The normalized spacial score (nSPS) is 20.7. The first-order valence-corrected chi connectivity index (χ1v) is 5.71. The van der Waals surface area contributed by atoms with Crippen molar-refractivity contribution in [3.8, 4) is 0 Å². The molecule has 18 heavy (non-hydrogen) atoms. The van der Waals surface area contributed by atoms with Gasteiger partial charge in [-0.1, -0.05) is 0 Å². The van der Waals surface area contributed by atoms with E-state index in [0.29, 0.717) is 11.5 Å². The molecular weight excluding hydrogens is 245 g/mol. The molecule has 0 amide bonds. The van der Waals surface area contributed by atoms with Gasteiger partial charge < -0.3 is 5.32 Å². The first-order valence-electron chi connectivity index (χ1n) is 5.71. The number of hydrogen-bond donors (Lipinski definition) is 1. The summed E-state index contributed by atoms with van der Waals surface area (Å²) in [7, 11) is 0. The fraction of sp³-hybridized carbons (Fsp3) is 0.455. The van der Waals surface area contributed by atoms with E-state index in [1.54, 1.807) is 0 Å². The molecular formula is C11H11F3N4. The zero-order valence-electron chi connectivity index (χ0n) is 9.41. The lowest BCUT2D eigenvalue weighted by Crippen LogP contribution is -2.14. The van der Waals surface area contributed by atoms with E-state index in [4.69, 9.17) is 0 Å². The van der Waals surface area contributed by atoms with Crippen LogP contribution in [0.1, 0.15) is 30.3 Å². The van der Waals surface area contributed by atoms with Crippen LogP contribution in [0.3, 0.4) is 0 Å². The second kappa shape index (κ2) is 3.94. The van der Waals surface area contributed by atoms with Gasteiger partial charge in [0.2, 0.25) is 0 Å². The van der Waals surface area contributed by atoms with Gasteiger partial charge in [0.25, 0.3) is 0 Å². The molecule has 0 spiro atoms. The van der Waals surface area contributed by atoms with E-state index in [1.165, 1.54) is 10.6 Å². The number of nitrogens with one attached hydrogen (secondary N) is 1. The number of aromatic nitrogens is 3. The summed E-state index contributed by atoms with van der Waals surface area (Å²) in [6.45, 7) is 0.897. The smallest absolute Gasteiger partial charge is 0.307 e. The summed E-state index contributed by atoms with van der Waals surface area (Å²) in [5, 5.41) is 7.33. The van der Waals surface area contributed by atoms with Gasteiger partial charge in [-0.05, 0) is 31.5 Å². The largest absolute Gasteiger partial charge is 0.417 e. The molecule has 3 rings (SSSR count). The van der Waals surface area contributed by atoms with Crippen molar-refractivity contribution >= 4 is 5.65 Å². The summed E-state index contributed by atoms with van der Waals surface area (Å²) in [5.74, 6) is 0.562. The standard InChI is InChI=1S/C11H11F3N4/c12-11(13,14)7-3-4-9-16-10(17-18(9)6-7)8-2-1-5-15-8/h3-4,6,8,15H,1-2,5H2.